The molecule has 0 saturated carbocycles. The maximum Gasteiger partial charge on any atom is 0.245 e. The number of guanidine groups is 2. The number of primary amides is 3. The van der Waals surface area contributed by atoms with Crippen LogP contribution in [0.5, 0.6) is 11.5 Å². The van der Waals surface area contributed by atoms with Crippen LogP contribution in [0, 0.1) is 28.6 Å². The summed E-state index contributed by atoms with van der Waals surface area (Å²) in [5, 5.41) is 80.1. The van der Waals surface area contributed by atoms with Crippen molar-refractivity contribution in [3.8, 4) is 11.5 Å². The van der Waals surface area contributed by atoms with E-state index >= 15 is 0 Å². The third-order valence-electron chi connectivity index (χ3n) is 19.0. The standard InChI is InChI=1S/C77H109Cl4N19O16/c1-9-38(5)63(98-72(113)57(91-41(8)102)33-43-22-25-60(104)45(31-43)35-47-50(80)17-12-18-51(47)81)73(114)97-58(36-62(83)106)70(111)96-56(29-37(3)4)71(112)99-64(39(6)10-2)74(115)100-65(40(7)101)75(116)94-53(20-14-28-90-77(87)88)67(108)93-54(23-26-61(82)105)69(110)92-52(19-13-27-89-76(85)86)68(109)95-55(66(84)107)32-42-21-24-59(103)44(30-42)34-46-48(78)15-11-16-49(46)79/h11-12,15-18,21-22,24-25,30-31,37-40,52-58,63-65,101,103-104H,9-10,13-14,19-20,23,26-29,32-36H2,1-8H3,(H2,82,105)(H2,83,106)(H2,84,107)(H,91,102)(H,92,110)(H,93,108)(H,94,116)(H,95,109)(H,96,111)(H,97,114)(H,98,113)(H,99,112)(H,100,115)(H4,85,86,89)(H4,87,88,90)/t38-,39-,40+,52-,53-,54-,55-,56-,57-,58-,63-,64-,65+/m0/s1. The van der Waals surface area contributed by atoms with Crippen molar-refractivity contribution in [1.29, 1.82) is 10.8 Å². The second kappa shape index (κ2) is 47.9. The van der Waals surface area contributed by atoms with Crippen molar-refractivity contribution < 1.29 is 77.6 Å². The van der Waals surface area contributed by atoms with Crippen LogP contribution in [0.25, 0.3) is 0 Å². The van der Waals surface area contributed by atoms with Gasteiger partial charge >= 0.3 is 0 Å². The molecule has 0 aromatic heterocycles. The van der Waals surface area contributed by atoms with Crippen LogP contribution in [0.15, 0.2) is 72.8 Å². The quantitative estimate of drug-likeness (QED) is 0.0168. The maximum absolute atomic E-state index is 14.6. The number of halogens is 4. The number of carbonyl (C=O) groups excluding carboxylic acids is 13. The number of hydrogen-bond donors (Lipinski definition) is 22. The average molecular weight is 1700 g/mol. The molecule has 0 fully saturated rings. The van der Waals surface area contributed by atoms with Crippen molar-refractivity contribution in [2.75, 3.05) is 13.1 Å². The largest absolute Gasteiger partial charge is 0.508 e. The summed E-state index contributed by atoms with van der Waals surface area (Å²) in [5.74, 6) is -15.7. The highest BCUT2D eigenvalue weighted by atomic mass is 35.5. The van der Waals surface area contributed by atoms with E-state index < -0.39 is 186 Å². The minimum atomic E-state index is -1.92. The van der Waals surface area contributed by atoms with Gasteiger partial charge in [0.15, 0.2) is 11.9 Å². The van der Waals surface area contributed by atoms with Gasteiger partial charge in [-0.2, -0.15) is 0 Å². The molecule has 4 aromatic carbocycles. The molecule has 27 N–H and O–H groups in total. The molecule has 13 amide bonds. The van der Waals surface area contributed by atoms with E-state index in [0.29, 0.717) is 53.5 Å². The van der Waals surface area contributed by atoms with Gasteiger partial charge in [0.1, 0.15) is 71.9 Å². The predicted molar refractivity (Wildman–Crippen MR) is 437 cm³/mol. The van der Waals surface area contributed by atoms with Crippen molar-refractivity contribution in [3.63, 3.8) is 0 Å². The highest BCUT2D eigenvalue weighted by molar-refractivity contribution is 6.36. The Balaban J connectivity index is 1.60. The summed E-state index contributed by atoms with van der Waals surface area (Å²) in [6.07, 6.45) is -3.96. The van der Waals surface area contributed by atoms with Crippen LogP contribution in [-0.4, -0.2) is 184 Å². The summed E-state index contributed by atoms with van der Waals surface area (Å²) < 4.78 is 0. The zero-order valence-electron chi connectivity index (χ0n) is 65.9. The number of amides is 13. The van der Waals surface area contributed by atoms with Gasteiger partial charge in [0.2, 0.25) is 76.8 Å². The van der Waals surface area contributed by atoms with Gasteiger partial charge in [-0.3, -0.25) is 73.1 Å². The summed E-state index contributed by atoms with van der Waals surface area (Å²) in [4.78, 5) is 181. The predicted octanol–water partition coefficient (Wildman–Crippen LogP) is 1.22. The number of benzene rings is 4. The van der Waals surface area contributed by atoms with E-state index in [9.17, 15) is 77.6 Å². The molecule has 0 spiro atoms. The lowest BCUT2D eigenvalue weighted by molar-refractivity contribution is -0.138. The first-order valence-corrected chi connectivity index (χ1v) is 39.2. The second-order valence-corrected chi connectivity index (χ2v) is 30.5. The molecule has 13 atom stereocenters. The first kappa shape index (κ1) is 97.6. The molecule has 0 aliphatic carbocycles. The van der Waals surface area contributed by atoms with Crippen LogP contribution >= 0.6 is 46.4 Å². The summed E-state index contributed by atoms with van der Waals surface area (Å²) in [6, 6.07) is 2.90. The SMILES string of the molecule is CC[C@H](C)[C@H](NC(=O)[C@H](Cc1ccc(O)c(Cc2c(Cl)cccc2Cl)c1)NC(C)=O)C(=O)N[C@@H](CC(N)=O)C(=O)N[C@@H](CC(C)C)C(=O)N[C@H](C(=O)N[C@@H](C(=O)N[C@@H](CCCNC(=N)N)C(=O)N[C@@H](CCC(N)=O)C(=O)N[C@@H](CCCNC(=N)N)C(=O)N[C@@H](Cc1ccc(O)c(Cc2c(Cl)cccc2Cl)c1)C(N)=O)[C@@H](C)O)[C@@H](C)CC. The van der Waals surface area contributed by atoms with Gasteiger partial charge in [-0.1, -0.05) is 137 Å². The number of nitrogens with one attached hydrogen (secondary N) is 14. The Hall–Kier alpha value is -10.8. The van der Waals surface area contributed by atoms with E-state index in [2.05, 4.69) is 63.8 Å². The van der Waals surface area contributed by atoms with Crippen LogP contribution < -0.4 is 92.5 Å². The number of aromatic hydroxyl groups is 2. The lowest BCUT2D eigenvalue weighted by Gasteiger charge is -2.31. The summed E-state index contributed by atoms with van der Waals surface area (Å²) >= 11 is 25.7. The molecule has 0 aliphatic rings. The van der Waals surface area contributed by atoms with Gasteiger partial charge in [-0.15, -0.1) is 0 Å². The van der Waals surface area contributed by atoms with Crippen LogP contribution in [0.2, 0.25) is 20.1 Å². The van der Waals surface area contributed by atoms with E-state index in [1.807, 2.05) is 0 Å². The number of aliphatic hydroxyl groups is 1. The van der Waals surface area contributed by atoms with Gasteiger partial charge in [-0.05, 0) is 133 Å². The summed E-state index contributed by atoms with van der Waals surface area (Å²) in [5.41, 5.74) is 30.7. The number of nitrogens with two attached hydrogens (primary N) is 5. The van der Waals surface area contributed by atoms with Gasteiger partial charge in [0.25, 0.3) is 0 Å². The normalized spacial score (nSPS) is 14.5. The Bertz CT molecular complexity index is 4140. The fourth-order valence-corrected chi connectivity index (χ4v) is 13.2. The molecular formula is C77H109Cl4N19O16. The van der Waals surface area contributed by atoms with Crippen LogP contribution in [-0.2, 0) is 88.0 Å². The van der Waals surface area contributed by atoms with Crippen molar-refractivity contribution in [2.24, 2.45) is 46.4 Å². The number of phenols is 2. The molecular weight excluding hydrogens is 1590 g/mol. The third kappa shape index (κ3) is 32.5. The zero-order chi connectivity index (χ0) is 87.0. The number of aliphatic hydroxyl groups excluding tert-OH is 1. The zero-order valence-corrected chi connectivity index (χ0v) is 68.9. The smallest absolute Gasteiger partial charge is 0.245 e. The third-order valence-corrected chi connectivity index (χ3v) is 20.4. The number of hydrogen-bond acceptors (Lipinski definition) is 18. The Morgan fingerprint density at radius 1 is 0.431 bits per heavy atom. The Kier molecular flexibility index (Phi) is 40.3. The maximum atomic E-state index is 14.6. The van der Waals surface area contributed by atoms with Gasteiger partial charge in [0.05, 0.1) is 12.5 Å². The number of carbonyl (C=O) groups is 13. The molecule has 35 nitrogen and oxygen atoms in total. The molecule has 0 unspecified atom stereocenters. The molecule has 116 heavy (non-hydrogen) atoms. The average Bonchev–Trinajstić information content (AvgIpc) is 0.836. The Morgan fingerprint density at radius 2 is 0.784 bits per heavy atom. The van der Waals surface area contributed by atoms with Gasteiger partial charge in [0, 0.05) is 72.2 Å². The van der Waals surface area contributed by atoms with Gasteiger partial charge in [-0.25, -0.2) is 0 Å². The lowest BCUT2D eigenvalue weighted by Crippen LogP contribution is -2.63. The first-order valence-electron chi connectivity index (χ1n) is 37.7. The molecule has 0 saturated heterocycles. The molecule has 39 heteroatoms. The molecule has 0 bridgehead atoms. The lowest BCUT2D eigenvalue weighted by atomic mass is 9.95. The minimum Gasteiger partial charge on any atom is -0.508 e. The van der Waals surface area contributed by atoms with E-state index in [1.54, 1.807) is 90.1 Å². The fraction of sp³-hybridized carbons (Fsp3) is 0.494. The van der Waals surface area contributed by atoms with Crippen LogP contribution in [0.3, 0.4) is 0 Å². The number of rotatable bonds is 48. The highest BCUT2D eigenvalue weighted by Crippen LogP contribution is 2.33. The van der Waals surface area contributed by atoms with Crippen LogP contribution in [0.1, 0.15) is 153 Å². The van der Waals surface area contributed by atoms with Crippen molar-refractivity contribution in [1.82, 2.24) is 63.8 Å². The summed E-state index contributed by atoms with van der Waals surface area (Å²) in [6.45, 7) is 12.2. The van der Waals surface area contributed by atoms with E-state index in [1.165, 1.54) is 31.2 Å². The van der Waals surface area contributed by atoms with E-state index in [0.717, 1.165) is 6.92 Å². The van der Waals surface area contributed by atoms with Crippen LogP contribution in [0.4, 0.5) is 0 Å². The van der Waals surface area contributed by atoms with E-state index in [-0.39, 0.29) is 101 Å². The second-order valence-electron chi connectivity index (χ2n) is 28.9. The molecule has 636 valence electrons. The Morgan fingerprint density at radius 3 is 1.17 bits per heavy atom. The summed E-state index contributed by atoms with van der Waals surface area (Å²) in [7, 11) is 0. The van der Waals surface area contributed by atoms with Gasteiger partial charge < -0.3 is 108 Å². The molecule has 0 aliphatic heterocycles. The topological polar surface area (TPSA) is 605 Å². The van der Waals surface area contributed by atoms with E-state index in [4.69, 9.17) is 85.9 Å². The highest BCUT2D eigenvalue weighted by Gasteiger charge is 2.39. The molecule has 4 rings (SSSR count). The Labute approximate surface area is 692 Å². The first-order chi connectivity index (χ1) is 54.5. The monoisotopic (exact) mass is 1700 g/mol. The van der Waals surface area contributed by atoms with Crippen molar-refractivity contribution >= 4 is 135 Å². The molecule has 0 heterocycles. The van der Waals surface area contributed by atoms with Crippen molar-refractivity contribution in [2.45, 2.75) is 212 Å². The number of phenolic OH excluding ortho intramolecular Hbond substituents is 2. The molecule has 4 aromatic rings. The molecule has 0 radical (unpaired) electrons. The minimum absolute atomic E-state index is 0.00428. The van der Waals surface area contributed by atoms with Crippen molar-refractivity contribution in [3.05, 3.63) is 126 Å². The fourth-order valence-electron chi connectivity index (χ4n) is 12.2.